The van der Waals surface area contributed by atoms with Crippen LogP contribution in [-0.4, -0.2) is 27.6 Å². The van der Waals surface area contributed by atoms with Crippen LogP contribution in [0.5, 0.6) is 0 Å². The van der Waals surface area contributed by atoms with Gasteiger partial charge in [-0.1, -0.05) is 26.3 Å². The number of carbonyl (C=O) groups is 1. The number of aryl methyl sites for hydroxylation is 2. The number of rotatable bonds is 4. The van der Waals surface area contributed by atoms with Gasteiger partial charge in [-0.25, -0.2) is 4.39 Å². The van der Waals surface area contributed by atoms with Gasteiger partial charge in [0.25, 0.3) is 5.91 Å². The zero-order valence-corrected chi connectivity index (χ0v) is 15.7. The van der Waals surface area contributed by atoms with Crippen LogP contribution in [0.2, 0.25) is 0 Å². The quantitative estimate of drug-likeness (QED) is 0.739. The maximum absolute atomic E-state index is 13.9. The van der Waals surface area contributed by atoms with Crippen LogP contribution in [0.3, 0.4) is 0 Å². The number of aromatic amines is 1. The van der Waals surface area contributed by atoms with Gasteiger partial charge < -0.3 is 10.3 Å². The zero-order chi connectivity index (χ0) is 19.1. The van der Waals surface area contributed by atoms with Gasteiger partial charge in [0, 0.05) is 17.6 Å². The number of carbonyl (C=O) groups excluding carboxylic acids is 1. The van der Waals surface area contributed by atoms with Crippen molar-refractivity contribution in [3.05, 3.63) is 58.8 Å². The molecule has 3 rings (SSSR count). The van der Waals surface area contributed by atoms with Gasteiger partial charge in [-0.05, 0) is 43.5 Å². The summed E-state index contributed by atoms with van der Waals surface area (Å²) in [6.45, 7) is 8.59. The van der Waals surface area contributed by atoms with Crippen LogP contribution in [0.25, 0.3) is 10.9 Å². The molecule has 0 spiro atoms. The molecule has 0 saturated heterocycles. The van der Waals surface area contributed by atoms with E-state index in [4.69, 9.17) is 0 Å². The first-order chi connectivity index (χ1) is 12.5. The van der Waals surface area contributed by atoms with Crippen molar-refractivity contribution in [2.45, 2.75) is 40.5 Å². The van der Waals surface area contributed by atoms with Gasteiger partial charge in [0.05, 0.1) is 23.5 Å². The third-order valence-electron chi connectivity index (χ3n) is 3.94. The molecular formula is C20H25FN4O. The molecule has 26 heavy (non-hydrogen) atoms. The summed E-state index contributed by atoms with van der Waals surface area (Å²) < 4.78 is 13.9. The Balaban J connectivity index is 0.000000758. The monoisotopic (exact) mass is 356 g/mol. The van der Waals surface area contributed by atoms with Crippen LogP contribution in [0.4, 0.5) is 4.39 Å². The number of hydrogen-bond acceptors (Lipinski definition) is 3. The van der Waals surface area contributed by atoms with E-state index < -0.39 is 0 Å². The molecule has 2 N–H and O–H groups in total. The van der Waals surface area contributed by atoms with Crippen molar-refractivity contribution < 1.29 is 9.18 Å². The summed E-state index contributed by atoms with van der Waals surface area (Å²) in [5, 5.41) is 11.1. The molecule has 0 bridgehead atoms. The summed E-state index contributed by atoms with van der Waals surface area (Å²) in [5.41, 5.74) is 3.98. The molecule has 1 amide bonds. The summed E-state index contributed by atoms with van der Waals surface area (Å²) >= 11 is 0. The van der Waals surface area contributed by atoms with E-state index in [2.05, 4.69) is 34.3 Å². The van der Waals surface area contributed by atoms with Crippen LogP contribution < -0.4 is 5.32 Å². The number of benzene rings is 1. The lowest BCUT2D eigenvalue weighted by Crippen LogP contribution is -2.26. The molecule has 138 valence electrons. The Labute approximate surface area is 153 Å². The number of fused-ring (bicyclic) bond motifs is 1. The first kappa shape index (κ1) is 19.6. The second-order valence-corrected chi connectivity index (χ2v) is 6.19. The standard InChI is InChI=1S/C17H17FN4O.C3H8/c1-10-3-4-14(18)16-15(10)13(11(2)22-16)6-7-19-17(23)12-5-8-20-21-9-12;1-3-2/h3-5,8-9,22H,6-7H2,1-2H3,(H,19,23);3H2,1-2H3. The van der Waals surface area contributed by atoms with Crippen molar-refractivity contribution in [2.24, 2.45) is 0 Å². The molecule has 0 fully saturated rings. The van der Waals surface area contributed by atoms with Gasteiger partial charge in [0.15, 0.2) is 0 Å². The predicted octanol–water partition coefficient (Wildman–Crippen LogP) is 4.10. The van der Waals surface area contributed by atoms with Crippen LogP contribution >= 0.6 is 0 Å². The molecular weight excluding hydrogens is 331 g/mol. The molecule has 2 heterocycles. The van der Waals surface area contributed by atoms with E-state index in [-0.39, 0.29) is 11.7 Å². The largest absolute Gasteiger partial charge is 0.356 e. The van der Waals surface area contributed by atoms with Gasteiger partial charge >= 0.3 is 0 Å². The molecule has 0 unspecified atom stereocenters. The van der Waals surface area contributed by atoms with Gasteiger partial charge in [-0.2, -0.15) is 10.2 Å². The Kier molecular flexibility index (Phi) is 6.83. The smallest absolute Gasteiger partial charge is 0.252 e. The van der Waals surface area contributed by atoms with Crippen molar-refractivity contribution >= 4 is 16.8 Å². The van der Waals surface area contributed by atoms with E-state index in [0.717, 1.165) is 22.2 Å². The lowest BCUT2D eigenvalue weighted by atomic mass is 10.0. The molecule has 1 aromatic carbocycles. The number of amides is 1. The van der Waals surface area contributed by atoms with E-state index in [1.165, 1.54) is 24.9 Å². The van der Waals surface area contributed by atoms with Crippen LogP contribution in [0.1, 0.15) is 47.4 Å². The molecule has 0 atom stereocenters. The van der Waals surface area contributed by atoms with Crippen molar-refractivity contribution in [3.63, 3.8) is 0 Å². The third-order valence-corrected chi connectivity index (χ3v) is 3.94. The first-order valence-corrected chi connectivity index (χ1v) is 8.80. The fourth-order valence-electron chi connectivity index (χ4n) is 2.78. The molecule has 5 nitrogen and oxygen atoms in total. The molecule has 2 aromatic heterocycles. The summed E-state index contributed by atoms with van der Waals surface area (Å²) in [7, 11) is 0. The summed E-state index contributed by atoms with van der Waals surface area (Å²) in [5.74, 6) is -0.452. The fraction of sp³-hybridized carbons (Fsp3) is 0.350. The molecule has 3 aromatic rings. The van der Waals surface area contributed by atoms with E-state index in [1.807, 2.05) is 13.8 Å². The normalized spacial score (nSPS) is 10.3. The van der Waals surface area contributed by atoms with E-state index >= 15 is 0 Å². The minimum absolute atomic E-state index is 0.194. The Bertz CT molecular complexity index is 874. The van der Waals surface area contributed by atoms with Crippen molar-refractivity contribution in [1.29, 1.82) is 0 Å². The Hall–Kier alpha value is -2.76. The maximum atomic E-state index is 13.9. The molecule has 0 radical (unpaired) electrons. The van der Waals surface area contributed by atoms with Crippen molar-refractivity contribution in [2.75, 3.05) is 6.54 Å². The minimum Gasteiger partial charge on any atom is -0.356 e. The Morgan fingerprint density at radius 2 is 1.92 bits per heavy atom. The van der Waals surface area contributed by atoms with Crippen LogP contribution in [0.15, 0.2) is 30.6 Å². The highest BCUT2D eigenvalue weighted by Gasteiger charge is 2.14. The number of nitrogens with zero attached hydrogens (tertiary/aromatic N) is 2. The molecule has 0 aliphatic rings. The summed E-state index contributed by atoms with van der Waals surface area (Å²) in [6.07, 6.45) is 4.77. The highest BCUT2D eigenvalue weighted by atomic mass is 19.1. The minimum atomic E-state index is -0.258. The molecule has 6 heteroatoms. The Morgan fingerprint density at radius 3 is 2.58 bits per heavy atom. The second kappa shape index (κ2) is 9.08. The van der Waals surface area contributed by atoms with Crippen LogP contribution in [0, 0.1) is 19.7 Å². The highest BCUT2D eigenvalue weighted by molar-refractivity contribution is 5.93. The maximum Gasteiger partial charge on any atom is 0.252 e. The SMILES string of the molecule is CCC.Cc1[nH]c2c(F)ccc(C)c2c1CCNC(=O)c1ccnnc1. The molecule has 0 saturated carbocycles. The van der Waals surface area contributed by atoms with E-state index in [9.17, 15) is 9.18 Å². The van der Waals surface area contributed by atoms with Crippen molar-refractivity contribution in [3.8, 4) is 0 Å². The number of halogens is 1. The van der Waals surface area contributed by atoms with Crippen molar-refractivity contribution in [1.82, 2.24) is 20.5 Å². The van der Waals surface area contributed by atoms with Gasteiger partial charge in [-0.3, -0.25) is 4.79 Å². The van der Waals surface area contributed by atoms with Gasteiger partial charge in [0.2, 0.25) is 0 Å². The number of aromatic nitrogens is 3. The summed E-state index contributed by atoms with van der Waals surface area (Å²) in [6, 6.07) is 4.85. The van der Waals surface area contributed by atoms with E-state index in [1.54, 1.807) is 12.1 Å². The lowest BCUT2D eigenvalue weighted by Gasteiger charge is -2.06. The second-order valence-electron chi connectivity index (χ2n) is 6.19. The third kappa shape index (κ3) is 4.45. The number of nitrogens with one attached hydrogen (secondary N) is 2. The Morgan fingerprint density at radius 1 is 1.19 bits per heavy atom. The summed E-state index contributed by atoms with van der Waals surface area (Å²) in [4.78, 5) is 15.1. The topological polar surface area (TPSA) is 70.7 Å². The van der Waals surface area contributed by atoms with Crippen LogP contribution in [-0.2, 0) is 6.42 Å². The van der Waals surface area contributed by atoms with Gasteiger partial charge in [-0.15, -0.1) is 0 Å². The molecule has 0 aliphatic heterocycles. The van der Waals surface area contributed by atoms with E-state index in [0.29, 0.717) is 24.0 Å². The first-order valence-electron chi connectivity index (χ1n) is 8.80. The highest BCUT2D eigenvalue weighted by Crippen LogP contribution is 2.27. The average molecular weight is 356 g/mol. The molecule has 0 aliphatic carbocycles. The zero-order valence-electron chi connectivity index (χ0n) is 15.7. The number of H-pyrrole nitrogens is 1. The average Bonchev–Trinajstić information content (AvgIpc) is 2.97. The number of hydrogen-bond donors (Lipinski definition) is 2. The lowest BCUT2D eigenvalue weighted by molar-refractivity contribution is 0.0953. The van der Waals surface area contributed by atoms with Gasteiger partial charge in [0.1, 0.15) is 5.82 Å². The fourth-order valence-corrected chi connectivity index (χ4v) is 2.78. The predicted molar refractivity (Wildman–Crippen MR) is 102 cm³/mol.